The van der Waals surface area contributed by atoms with E-state index in [1.54, 1.807) is 0 Å². The van der Waals surface area contributed by atoms with Crippen LogP contribution in [0.2, 0.25) is 0 Å². The van der Waals surface area contributed by atoms with Gasteiger partial charge in [-0.3, -0.25) is 0 Å². The second kappa shape index (κ2) is 6.01. The van der Waals surface area contributed by atoms with E-state index in [2.05, 4.69) is 10.0 Å². The Morgan fingerprint density at radius 1 is 1.14 bits per heavy atom. The molecular weight excluding hydrogens is 314 g/mol. The maximum absolute atomic E-state index is 12.5. The molecule has 1 fully saturated rings. The molecule has 1 atom stereocenters. The fraction of sp³-hybridized carbons (Fsp3) is 0.500. The van der Waals surface area contributed by atoms with Crippen LogP contribution in [0.15, 0.2) is 34.1 Å². The van der Waals surface area contributed by atoms with Crippen molar-refractivity contribution in [1.82, 2.24) is 14.3 Å². The lowest BCUT2D eigenvalue weighted by molar-refractivity contribution is 0.515. The maximum atomic E-state index is 12.5. The summed E-state index contributed by atoms with van der Waals surface area (Å²) in [5, 5.41) is 3.06. The fourth-order valence-electron chi connectivity index (χ4n) is 2.12. The van der Waals surface area contributed by atoms with Gasteiger partial charge in [-0.2, -0.15) is 0 Å². The Kier molecular flexibility index (Phi) is 4.69. The van der Waals surface area contributed by atoms with Gasteiger partial charge >= 0.3 is 0 Å². The average molecular weight is 333 g/mol. The highest BCUT2D eigenvalue weighted by atomic mass is 32.2. The molecule has 2 N–H and O–H groups in total. The Labute approximate surface area is 125 Å². The van der Waals surface area contributed by atoms with Gasteiger partial charge < -0.3 is 5.32 Å². The van der Waals surface area contributed by atoms with Crippen LogP contribution in [0, 0.1) is 0 Å². The van der Waals surface area contributed by atoms with Crippen LogP contribution in [0.3, 0.4) is 0 Å². The van der Waals surface area contributed by atoms with Gasteiger partial charge in [0.05, 0.1) is 0 Å². The van der Waals surface area contributed by atoms with Crippen LogP contribution in [-0.2, 0) is 20.0 Å². The summed E-state index contributed by atoms with van der Waals surface area (Å²) in [6.07, 6.45) is 0.682. The number of benzene rings is 1. The molecule has 9 heteroatoms. The first-order chi connectivity index (χ1) is 9.75. The molecule has 0 saturated carbocycles. The van der Waals surface area contributed by atoms with Crippen molar-refractivity contribution in [1.29, 1.82) is 0 Å². The second-order valence-corrected chi connectivity index (χ2v) is 8.85. The zero-order valence-corrected chi connectivity index (χ0v) is 13.5. The molecule has 21 heavy (non-hydrogen) atoms. The van der Waals surface area contributed by atoms with Gasteiger partial charge in [0.15, 0.2) is 0 Å². The molecule has 1 unspecified atom stereocenters. The summed E-state index contributed by atoms with van der Waals surface area (Å²) in [7, 11) is -4.98. The molecule has 0 aromatic heterocycles. The molecule has 0 bridgehead atoms. The van der Waals surface area contributed by atoms with Crippen LogP contribution >= 0.6 is 0 Å². The minimum atomic E-state index is -3.89. The lowest BCUT2D eigenvalue weighted by Gasteiger charge is -2.17. The van der Waals surface area contributed by atoms with Crippen molar-refractivity contribution in [2.24, 2.45) is 0 Å². The Morgan fingerprint density at radius 3 is 2.29 bits per heavy atom. The lowest BCUT2D eigenvalue weighted by atomic mass is 10.3. The van der Waals surface area contributed by atoms with Crippen LogP contribution in [0.5, 0.6) is 0 Å². The second-order valence-electron chi connectivity index (χ2n) is 5.05. The number of hydrogen-bond acceptors (Lipinski definition) is 5. The van der Waals surface area contributed by atoms with Crippen molar-refractivity contribution in [3.63, 3.8) is 0 Å². The van der Waals surface area contributed by atoms with Crippen molar-refractivity contribution in [2.75, 3.05) is 27.2 Å². The molecule has 7 nitrogen and oxygen atoms in total. The fourth-order valence-corrected chi connectivity index (χ4v) is 5.09. The monoisotopic (exact) mass is 333 g/mol. The van der Waals surface area contributed by atoms with E-state index in [1.165, 1.54) is 38.4 Å². The van der Waals surface area contributed by atoms with E-state index in [-0.39, 0.29) is 15.8 Å². The standard InChI is InChI=1S/C12H19N3O4S2/c1-15(2)21(18,19)12-6-4-3-5-11(12)20(16,17)14-10-7-8-13-9-10/h3-6,10,13-14H,7-9H2,1-2H3. The van der Waals surface area contributed by atoms with Crippen molar-refractivity contribution in [2.45, 2.75) is 22.3 Å². The molecule has 1 aromatic carbocycles. The topological polar surface area (TPSA) is 95.6 Å². The summed E-state index contributed by atoms with van der Waals surface area (Å²) in [5.74, 6) is 0. The minimum Gasteiger partial charge on any atom is -0.315 e. The Morgan fingerprint density at radius 2 is 1.76 bits per heavy atom. The van der Waals surface area contributed by atoms with Gasteiger partial charge in [-0.05, 0) is 25.1 Å². The first-order valence-corrected chi connectivity index (χ1v) is 9.42. The van der Waals surface area contributed by atoms with Crippen LogP contribution in [0.25, 0.3) is 0 Å². The van der Waals surface area contributed by atoms with E-state index >= 15 is 0 Å². The van der Waals surface area contributed by atoms with Crippen LogP contribution in [-0.4, -0.2) is 54.4 Å². The van der Waals surface area contributed by atoms with E-state index in [0.717, 1.165) is 10.8 Å². The molecule has 1 aliphatic rings. The molecule has 0 spiro atoms. The molecule has 1 heterocycles. The summed E-state index contributed by atoms with van der Waals surface area (Å²) >= 11 is 0. The summed E-state index contributed by atoms with van der Waals surface area (Å²) < 4.78 is 53.0. The predicted octanol–water partition coefficient (Wildman–Crippen LogP) is -0.423. The highest BCUT2D eigenvalue weighted by Gasteiger charge is 2.30. The molecule has 0 aliphatic carbocycles. The lowest BCUT2D eigenvalue weighted by Crippen LogP contribution is -2.37. The van der Waals surface area contributed by atoms with Gasteiger partial charge in [0.1, 0.15) is 9.79 Å². The van der Waals surface area contributed by atoms with Crippen molar-refractivity contribution >= 4 is 20.0 Å². The van der Waals surface area contributed by atoms with E-state index in [1.807, 2.05) is 0 Å². The molecule has 0 radical (unpaired) electrons. The predicted molar refractivity (Wildman–Crippen MR) is 78.9 cm³/mol. The molecule has 1 aliphatic heterocycles. The first kappa shape index (κ1) is 16.4. The molecule has 0 amide bonds. The van der Waals surface area contributed by atoms with Crippen LogP contribution < -0.4 is 10.0 Å². The first-order valence-electron chi connectivity index (χ1n) is 6.50. The van der Waals surface area contributed by atoms with Gasteiger partial charge in [0.2, 0.25) is 20.0 Å². The minimum absolute atomic E-state index is 0.214. The number of hydrogen-bond donors (Lipinski definition) is 2. The molecule has 2 rings (SSSR count). The molecule has 1 saturated heterocycles. The Balaban J connectivity index is 2.44. The van der Waals surface area contributed by atoms with Crippen molar-refractivity contribution in [3.05, 3.63) is 24.3 Å². The zero-order chi connectivity index (χ0) is 15.7. The Hall–Kier alpha value is -1.00. The Bertz CT molecular complexity index is 708. The normalized spacial score (nSPS) is 20.0. The SMILES string of the molecule is CN(C)S(=O)(=O)c1ccccc1S(=O)(=O)NC1CCNC1. The highest BCUT2D eigenvalue weighted by molar-refractivity contribution is 7.92. The van der Waals surface area contributed by atoms with E-state index in [4.69, 9.17) is 0 Å². The third-order valence-corrected chi connectivity index (χ3v) is 6.86. The van der Waals surface area contributed by atoms with Crippen molar-refractivity contribution in [3.8, 4) is 0 Å². The van der Waals surface area contributed by atoms with Gasteiger partial charge in [0.25, 0.3) is 0 Å². The maximum Gasteiger partial charge on any atom is 0.243 e. The summed E-state index contributed by atoms with van der Waals surface area (Å²) in [4.78, 5) is -0.431. The van der Waals surface area contributed by atoms with Gasteiger partial charge in [0, 0.05) is 26.7 Å². The summed E-state index contributed by atoms with van der Waals surface area (Å²) in [5.41, 5.74) is 0. The third kappa shape index (κ3) is 3.43. The van der Waals surface area contributed by atoms with Gasteiger partial charge in [-0.25, -0.2) is 25.9 Å². The highest BCUT2D eigenvalue weighted by Crippen LogP contribution is 2.23. The third-order valence-electron chi connectivity index (χ3n) is 3.28. The van der Waals surface area contributed by atoms with Crippen LogP contribution in [0.4, 0.5) is 0 Å². The summed E-state index contributed by atoms with van der Waals surface area (Å²) in [6, 6.07) is 5.41. The molecule has 1 aromatic rings. The van der Waals surface area contributed by atoms with Gasteiger partial charge in [-0.1, -0.05) is 12.1 Å². The average Bonchev–Trinajstić information content (AvgIpc) is 2.90. The van der Waals surface area contributed by atoms with Crippen LogP contribution in [0.1, 0.15) is 6.42 Å². The van der Waals surface area contributed by atoms with E-state index in [0.29, 0.717) is 13.0 Å². The molecular formula is C12H19N3O4S2. The summed E-state index contributed by atoms with van der Waals surface area (Å²) in [6.45, 7) is 1.28. The largest absolute Gasteiger partial charge is 0.315 e. The number of nitrogens with one attached hydrogen (secondary N) is 2. The number of rotatable bonds is 5. The number of sulfonamides is 2. The zero-order valence-electron chi connectivity index (χ0n) is 11.9. The smallest absolute Gasteiger partial charge is 0.243 e. The van der Waals surface area contributed by atoms with E-state index in [9.17, 15) is 16.8 Å². The van der Waals surface area contributed by atoms with Crippen molar-refractivity contribution < 1.29 is 16.8 Å². The molecule has 118 valence electrons. The van der Waals surface area contributed by atoms with E-state index < -0.39 is 20.0 Å². The van der Waals surface area contributed by atoms with Gasteiger partial charge in [-0.15, -0.1) is 0 Å². The quantitative estimate of drug-likeness (QED) is 0.763. The number of nitrogens with zero attached hydrogens (tertiary/aromatic N) is 1.